The highest BCUT2D eigenvalue weighted by molar-refractivity contribution is 6.21. The Morgan fingerprint density at radius 1 is 1.78 bits per heavy atom. The second-order valence-corrected chi connectivity index (χ2v) is 1.80. The van der Waals surface area contributed by atoms with E-state index in [0.717, 1.165) is 7.11 Å². The third-order valence-corrected chi connectivity index (χ3v) is 0.919. The molecule has 0 amide bonds. The topological polar surface area (TPSA) is 30.5 Å². The van der Waals surface area contributed by atoms with Crippen molar-refractivity contribution >= 4 is 11.6 Å². The maximum Gasteiger partial charge on any atom is 0.301 e. The molecule has 0 bridgehead atoms. The van der Waals surface area contributed by atoms with Crippen molar-refractivity contribution in [1.29, 1.82) is 0 Å². The zero-order chi connectivity index (χ0) is 7.33. The Hall–Kier alpha value is 0.0300. The molecule has 1 N–H and O–H groups in total. The average Bonchev–Trinajstić information content (AvgIpc) is 1.84. The molecular formula is C3H6ClF2NO2. The first-order valence-corrected chi connectivity index (χ1v) is 2.43. The van der Waals surface area contributed by atoms with E-state index in [1.807, 2.05) is 0 Å². The lowest BCUT2D eigenvalue weighted by atomic mass is 10.7. The summed E-state index contributed by atoms with van der Waals surface area (Å²) >= 11 is 4.90. The van der Waals surface area contributed by atoms with Crippen molar-refractivity contribution < 1.29 is 18.7 Å². The minimum Gasteiger partial charge on any atom is -0.336 e. The van der Waals surface area contributed by atoms with E-state index in [-0.39, 0.29) is 0 Å². The lowest BCUT2D eigenvalue weighted by Gasteiger charge is -2.13. The van der Waals surface area contributed by atoms with Crippen LogP contribution >= 0.6 is 11.6 Å². The maximum absolute atomic E-state index is 12.2. The summed E-state index contributed by atoms with van der Waals surface area (Å²) in [7, 11) is 1.05. The minimum atomic E-state index is -2.41. The van der Waals surface area contributed by atoms with Crippen LogP contribution in [0.4, 0.5) is 8.92 Å². The summed E-state index contributed by atoms with van der Waals surface area (Å²) in [6.07, 6.45) is 0. The number of halogens is 3. The molecule has 0 aliphatic rings. The highest BCUT2D eigenvalue weighted by atomic mass is 35.5. The molecule has 1 unspecified atom stereocenters. The smallest absolute Gasteiger partial charge is 0.301 e. The third-order valence-electron chi connectivity index (χ3n) is 0.631. The Morgan fingerprint density at radius 2 is 2.33 bits per heavy atom. The van der Waals surface area contributed by atoms with Crippen LogP contribution in [0.3, 0.4) is 0 Å². The standard InChI is InChI=1S/C3H6ClF2NO2/c1-8-3(4,5)2-7-9-6/h7H,2H2,1H3. The molecule has 3 nitrogen and oxygen atoms in total. The molecule has 0 saturated carbocycles. The van der Waals surface area contributed by atoms with Crippen LogP contribution in [0.25, 0.3) is 0 Å². The van der Waals surface area contributed by atoms with Crippen LogP contribution in [0.5, 0.6) is 0 Å². The van der Waals surface area contributed by atoms with Crippen molar-refractivity contribution in [2.45, 2.75) is 5.31 Å². The van der Waals surface area contributed by atoms with E-state index >= 15 is 0 Å². The molecule has 0 rings (SSSR count). The van der Waals surface area contributed by atoms with Gasteiger partial charge in [-0.25, -0.2) is 0 Å². The van der Waals surface area contributed by atoms with Crippen molar-refractivity contribution in [2.75, 3.05) is 13.7 Å². The first kappa shape index (κ1) is 9.03. The average molecular weight is 162 g/mol. The molecule has 56 valence electrons. The van der Waals surface area contributed by atoms with Crippen molar-refractivity contribution in [3.63, 3.8) is 0 Å². The fourth-order valence-electron chi connectivity index (χ4n) is 0.183. The van der Waals surface area contributed by atoms with Gasteiger partial charge in [-0.2, -0.15) is 9.87 Å². The predicted molar refractivity (Wildman–Crippen MR) is 26.9 cm³/mol. The van der Waals surface area contributed by atoms with Gasteiger partial charge in [-0.3, -0.25) is 0 Å². The van der Waals surface area contributed by atoms with Gasteiger partial charge in [-0.1, -0.05) is 16.6 Å². The van der Waals surface area contributed by atoms with E-state index in [1.165, 1.54) is 0 Å². The van der Waals surface area contributed by atoms with E-state index in [2.05, 4.69) is 9.78 Å². The van der Waals surface area contributed by atoms with Crippen LogP contribution in [-0.2, 0) is 9.78 Å². The number of hydroxylamine groups is 1. The summed E-state index contributed by atoms with van der Waals surface area (Å²) in [5.74, 6) is 0. The van der Waals surface area contributed by atoms with E-state index in [4.69, 9.17) is 11.6 Å². The Balaban J connectivity index is 3.33. The van der Waals surface area contributed by atoms with Crippen LogP contribution in [0.15, 0.2) is 0 Å². The molecule has 0 aromatic heterocycles. The molecule has 9 heavy (non-hydrogen) atoms. The summed E-state index contributed by atoms with van der Waals surface area (Å²) < 4.78 is 27.0. The van der Waals surface area contributed by atoms with Gasteiger partial charge in [0, 0.05) is 7.11 Å². The fraction of sp³-hybridized carbons (Fsp3) is 1.00. The number of hydrogen-bond donors (Lipinski definition) is 1. The summed E-state index contributed by atoms with van der Waals surface area (Å²) in [4.78, 5) is 0. The quantitative estimate of drug-likeness (QED) is 0.491. The first-order chi connectivity index (χ1) is 4.12. The van der Waals surface area contributed by atoms with Gasteiger partial charge in [0.1, 0.15) is 0 Å². The zero-order valence-electron chi connectivity index (χ0n) is 4.66. The molecule has 6 heteroatoms. The first-order valence-electron chi connectivity index (χ1n) is 2.06. The van der Waals surface area contributed by atoms with Crippen LogP contribution in [-0.4, -0.2) is 19.0 Å². The minimum absolute atomic E-state index is 0.582. The molecule has 0 heterocycles. The normalized spacial score (nSPS) is 17.3. The van der Waals surface area contributed by atoms with Gasteiger partial charge >= 0.3 is 5.31 Å². The molecule has 0 aliphatic heterocycles. The lowest BCUT2D eigenvalue weighted by molar-refractivity contribution is -0.209. The summed E-state index contributed by atoms with van der Waals surface area (Å²) in [6, 6.07) is 0. The monoisotopic (exact) mass is 161 g/mol. The molecule has 0 aromatic carbocycles. The van der Waals surface area contributed by atoms with E-state index < -0.39 is 11.9 Å². The maximum atomic E-state index is 12.2. The summed E-state index contributed by atoms with van der Waals surface area (Å²) in [5, 5.41) is 0.414. The van der Waals surface area contributed by atoms with Crippen molar-refractivity contribution in [1.82, 2.24) is 5.48 Å². The van der Waals surface area contributed by atoms with Gasteiger partial charge in [-0.05, 0) is 4.53 Å². The second-order valence-electron chi connectivity index (χ2n) is 1.24. The molecule has 0 radical (unpaired) electrons. The Bertz CT molecular complexity index is 82.2. The summed E-state index contributed by atoms with van der Waals surface area (Å²) in [6.45, 7) is -0.582. The molecular weight excluding hydrogens is 155 g/mol. The number of alkyl halides is 2. The molecule has 0 aromatic rings. The van der Waals surface area contributed by atoms with Gasteiger partial charge in [0.2, 0.25) is 0 Å². The number of ether oxygens (including phenoxy) is 1. The summed E-state index contributed by atoms with van der Waals surface area (Å²) in [5.41, 5.74) is 1.54. The molecule has 1 atom stereocenters. The van der Waals surface area contributed by atoms with Gasteiger partial charge in [0.05, 0.1) is 6.54 Å². The van der Waals surface area contributed by atoms with Crippen LogP contribution in [0.1, 0.15) is 0 Å². The Labute approximate surface area is 55.7 Å². The number of methoxy groups -OCH3 is 1. The fourth-order valence-corrected chi connectivity index (χ4v) is 0.238. The molecule has 0 spiro atoms. The molecule has 0 fully saturated rings. The van der Waals surface area contributed by atoms with Gasteiger partial charge in [-0.15, -0.1) is 0 Å². The molecule has 0 aliphatic carbocycles. The molecule has 0 saturated heterocycles. The van der Waals surface area contributed by atoms with Crippen LogP contribution in [0, 0.1) is 0 Å². The SMILES string of the molecule is COC(F)(Cl)CNOF. The van der Waals surface area contributed by atoms with E-state index in [0.29, 0.717) is 0 Å². The van der Waals surface area contributed by atoms with E-state index in [1.54, 1.807) is 5.48 Å². The Morgan fingerprint density at radius 3 is 2.67 bits per heavy atom. The van der Waals surface area contributed by atoms with Crippen LogP contribution < -0.4 is 5.48 Å². The lowest BCUT2D eigenvalue weighted by Crippen LogP contribution is -2.31. The number of rotatable bonds is 4. The zero-order valence-corrected chi connectivity index (χ0v) is 5.41. The van der Waals surface area contributed by atoms with Gasteiger partial charge in [0.15, 0.2) is 0 Å². The largest absolute Gasteiger partial charge is 0.336 e. The third kappa shape index (κ3) is 4.53. The predicted octanol–water partition coefficient (Wildman–Crippen LogP) is 0.901. The van der Waals surface area contributed by atoms with Crippen LogP contribution in [0.2, 0.25) is 0 Å². The van der Waals surface area contributed by atoms with E-state index in [9.17, 15) is 8.92 Å². The highest BCUT2D eigenvalue weighted by Crippen LogP contribution is 2.15. The van der Waals surface area contributed by atoms with Crippen molar-refractivity contribution in [2.24, 2.45) is 0 Å². The number of hydrogen-bond acceptors (Lipinski definition) is 3. The van der Waals surface area contributed by atoms with Crippen molar-refractivity contribution in [3.05, 3.63) is 0 Å². The Kier molecular flexibility index (Phi) is 3.96. The van der Waals surface area contributed by atoms with Crippen molar-refractivity contribution in [3.8, 4) is 0 Å². The highest BCUT2D eigenvalue weighted by Gasteiger charge is 2.24. The number of nitrogens with one attached hydrogen (secondary N) is 1. The second kappa shape index (κ2) is 3.94. The van der Waals surface area contributed by atoms with Gasteiger partial charge < -0.3 is 4.74 Å². The van der Waals surface area contributed by atoms with Gasteiger partial charge in [0.25, 0.3) is 0 Å².